The number of rotatable bonds is 8. The molecule has 0 bridgehead atoms. The molecular formula is C24H28ClN3O3. The van der Waals surface area contributed by atoms with Gasteiger partial charge in [0, 0.05) is 24.2 Å². The van der Waals surface area contributed by atoms with Crippen molar-refractivity contribution in [3.05, 3.63) is 82.9 Å². The first-order chi connectivity index (χ1) is 14.5. The van der Waals surface area contributed by atoms with E-state index in [0.29, 0.717) is 12.1 Å². The highest BCUT2D eigenvalue weighted by Gasteiger charge is 2.11. The summed E-state index contributed by atoms with van der Waals surface area (Å²) in [4.78, 5) is 26.4. The Kier molecular flexibility index (Phi) is 9.00. The van der Waals surface area contributed by atoms with Gasteiger partial charge in [-0.25, -0.2) is 5.48 Å². The van der Waals surface area contributed by atoms with Gasteiger partial charge in [0.15, 0.2) is 0 Å². The monoisotopic (exact) mass is 441 g/mol. The molecule has 3 N–H and O–H groups in total. The maximum Gasteiger partial charge on any atom is 0.274 e. The maximum absolute atomic E-state index is 12.6. The topological polar surface area (TPSA) is 81.7 Å². The Hall–Kier alpha value is -2.93. The minimum atomic E-state index is -0.613. The number of fused-ring (bicyclic) bond motifs is 1. The Balaban J connectivity index is 0.00000341. The number of nitrogens with zero attached hydrogens (tertiary/aromatic N) is 1. The summed E-state index contributed by atoms with van der Waals surface area (Å²) in [5, 5.41) is 13.9. The molecule has 0 unspecified atom stereocenters. The number of amides is 2. The van der Waals surface area contributed by atoms with E-state index in [1.807, 2.05) is 12.1 Å². The summed E-state index contributed by atoms with van der Waals surface area (Å²) in [7, 11) is 0. The molecule has 3 aromatic rings. The minimum absolute atomic E-state index is 0. The van der Waals surface area contributed by atoms with Crippen LogP contribution in [0.3, 0.4) is 0 Å². The number of hydrogen-bond donors (Lipinski definition) is 3. The number of hydrogen-bond acceptors (Lipinski definition) is 4. The smallest absolute Gasteiger partial charge is 0.274 e. The Morgan fingerprint density at radius 2 is 1.52 bits per heavy atom. The highest BCUT2D eigenvalue weighted by molar-refractivity contribution is 5.97. The van der Waals surface area contributed by atoms with Crippen LogP contribution < -0.4 is 10.8 Å². The van der Waals surface area contributed by atoms with Crippen LogP contribution in [0.25, 0.3) is 10.8 Å². The largest absolute Gasteiger partial charge is 0.348 e. The van der Waals surface area contributed by atoms with Crippen LogP contribution in [0, 0.1) is 0 Å². The van der Waals surface area contributed by atoms with Crippen LogP contribution in [0.5, 0.6) is 0 Å². The molecule has 0 radical (unpaired) electrons. The molecule has 0 spiro atoms. The van der Waals surface area contributed by atoms with Gasteiger partial charge in [-0.3, -0.25) is 19.7 Å². The van der Waals surface area contributed by atoms with Gasteiger partial charge in [0.1, 0.15) is 0 Å². The standard InChI is InChI=1S/C24H27N3O3.ClH/c1-3-27(4-2)16-17-13-20-7-5-6-8-22(20)21(14-17)15-25-23(28)18-9-11-19(12-10-18)24(29)26-30;/h5-14,30H,3-4,15-16H2,1-2H3,(H,25,28)(H,26,29);1H. The molecule has 0 aliphatic carbocycles. The summed E-state index contributed by atoms with van der Waals surface area (Å²) < 4.78 is 0. The quantitative estimate of drug-likeness (QED) is 0.362. The molecule has 0 fully saturated rings. The van der Waals surface area contributed by atoms with Crippen molar-refractivity contribution in [2.24, 2.45) is 0 Å². The highest BCUT2D eigenvalue weighted by Crippen LogP contribution is 2.22. The number of carbonyl (C=O) groups excluding carboxylic acids is 2. The lowest BCUT2D eigenvalue weighted by Gasteiger charge is -2.19. The first-order valence-corrected chi connectivity index (χ1v) is 10.1. The summed E-state index contributed by atoms with van der Waals surface area (Å²) >= 11 is 0. The van der Waals surface area contributed by atoms with Crippen LogP contribution in [0.1, 0.15) is 45.7 Å². The SMILES string of the molecule is CCN(CC)Cc1cc(CNC(=O)c2ccc(C(=O)NO)cc2)c2ccccc2c1.Cl. The van der Waals surface area contributed by atoms with Gasteiger partial charge in [-0.2, -0.15) is 0 Å². The van der Waals surface area contributed by atoms with Crippen molar-refractivity contribution < 1.29 is 14.8 Å². The van der Waals surface area contributed by atoms with E-state index < -0.39 is 5.91 Å². The normalized spacial score (nSPS) is 10.6. The van der Waals surface area contributed by atoms with Crippen molar-refractivity contribution in [1.29, 1.82) is 0 Å². The van der Waals surface area contributed by atoms with Crippen molar-refractivity contribution >= 4 is 35.0 Å². The second-order valence-corrected chi connectivity index (χ2v) is 7.14. The van der Waals surface area contributed by atoms with E-state index in [0.717, 1.165) is 36.0 Å². The molecule has 0 atom stereocenters. The highest BCUT2D eigenvalue weighted by atomic mass is 35.5. The molecule has 3 aromatic carbocycles. The molecular weight excluding hydrogens is 414 g/mol. The van der Waals surface area contributed by atoms with Crippen molar-refractivity contribution in [2.45, 2.75) is 26.9 Å². The van der Waals surface area contributed by atoms with E-state index in [1.165, 1.54) is 17.7 Å². The zero-order chi connectivity index (χ0) is 21.5. The van der Waals surface area contributed by atoms with Crippen molar-refractivity contribution in [3.8, 4) is 0 Å². The average Bonchev–Trinajstić information content (AvgIpc) is 2.80. The van der Waals surface area contributed by atoms with Crippen molar-refractivity contribution in [3.63, 3.8) is 0 Å². The number of halogens is 1. The fourth-order valence-electron chi connectivity index (χ4n) is 3.52. The zero-order valence-corrected chi connectivity index (χ0v) is 18.5. The van der Waals surface area contributed by atoms with Crippen LogP contribution >= 0.6 is 12.4 Å². The van der Waals surface area contributed by atoms with Gasteiger partial charge < -0.3 is 5.32 Å². The molecule has 0 aliphatic heterocycles. The van der Waals surface area contributed by atoms with Crippen LogP contribution in [-0.4, -0.2) is 35.0 Å². The Morgan fingerprint density at radius 3 is 2.13 bits per heavy atom. The van der Waals surface area contributed by atoms with Crippen LogP contribution in [0.4, 0.5) is 0 Å². The lowest BCUT2D eigenvalue weighted by molar-refractivity contribution is 0.0706. The number of hydroxylamine groups is 1. The molecule has 0 saturated carbocycles. The average molecular weight is 442 g/mol. The van der Waals surface area contributed by atoms with E-state index in [4.69, 9.17) is 5.21 Å². The Bertz CT molecular complexity index is 1030. The van der Waals surface area contributed by atoms with E-state index in [2.05, 4.69) is 48.3 Å². The molecule has 0 saturated heterocycles. The molecule has 3 rings (SSSR count). The molecule has 31 heavy (non-hydrogen) atoms. The maximum atomic E-state index is 12.6. The molecule has 0 heterocycles. The van der Waals surface area contributed by atoms with Gasteiger partial charge in [0.2, 0.25) is 0 Å². The third kappa shape index (κ3) is 6.04. The lowest BCUT2D eigenvalue weighted by atomic mass is 10.00. The van der Waals surface area contributed by atoms with Crippen LogP contribution in [-0.2, 0) is 13.1 Å². The van der Waals surface area contributed by atoms with Gasteiger partial charge >= 0.3 is 0 Å². The summed E-state index contributed by atoms with van der Waals surface area (Å²) in [6.45, 7) is 7.55. The van der Waals surface area contributed by atoms with E-state index >= 15 is 0 Å². The lowest BCUT2D eigenvalue weighted by Crippen LogP contribution is -2.24. The van der Waals surface area contributed by atoms with Crippen LogP contribution in [0.2, 0.25) is 0 Å². The molecule has 0 aliphatic rings. The van der Waals surface area contributed by atoms with Crippen LogP contribution in [0.15, 0.2) is 60.7 Å². The molecule has 0 aromatic heterocycles. The Morgan fingerprint density at radius 1 is 0.903 bits per heavy atom. The molecule has 6 nitrogen and oxygen atoms in total. The van der Waals surface area contributed by atoms with Gasteiger partial charge in [-0.1, -0.05) is 44.2 Å². The van der Waals surface area contributed by atoms with E-state index in [-0.39, 0.29) is 23.9 Å². The predicted octanol–water partition coefficient (Wildman–Crippen LogP) is 4.15. The summed E-state index contributed by atoms with van der Waals surface area (Å²) in [5.74, 6) is -0.831. The zero-order valence-electron chi connectivity index (χ0n) is 17.7. The number of nitrogens with one attached hydrogen (secondary N) is 2. The van der Waals surface area contributed by atoms with Gasteiger partial charge in [-0.15, -0.1) is 12.4 Å². The second-order valence-electron chi connectivity index (χ2n) is 7.14. The van der Waals surface area contributed by atoms with E-state index in [9.17, 15) is 9.59 Å². The summed E-state index contributed by atoms with van der Waals surface area (Å²) in [5.41, 5.74) is 4.60. The Labute approximate surface area is 188 Å². The third-order valence-electron chi connectivity index (χ3n) is 5.26. The van der Waals surface area contributed by atoms with Crippen molar-refractivity contribution in [2.75, 3.05) is 13.1 Å². The first-order valence-electron chi connectivity index (χ1n) is 10.1. The number of carbonyl (C=O) groups is 2. The number of benzene rings is 3. The van der Waals surface area contributed by atoms with E-state index in [1.54, 1.807) is 17.6 Å². The van der Waals surface area contributed by atoms with Crippen molar-refractivity contribution in [1.82, 2.24) is 15.7 Å². The first kappa shape index (κ1) is 24.3. The summed E-state index contributed by atoms with van der Waals surface area (Å²) in [6.07, 6.45) is 0. The van der Waals surface area contributed by atoms with Gasteiger partial charge in [0.05, 0.1) is 0 Å². The third-order valence-corrected chi connectivity index (χ3v) is 5.26. The predicted molar refractivity (Wildman–Crippen MR) is 125 cm³/mol. The second kappa shape index (κ2) is 11.5. The summed E-state index contributed by atoms with van der Waals surface area (Å²) in [6, 6.07) is 18.7. The minimum Gasteiger partial charge on any atom is -0.348 e. The fourth-order valence-corrected chi connectivity index (χ4v) is 3.52. The van der Waals surface area contributed by atoms with Gasteiger partial charge in [0.25, 0.3) is 11.8 Å². The fraction of sp³-hybridized carbons (Fsp3) is 0.250. The molecule has 164 valence electrons. The molecule has 7 heteroatoms. The van der Waals surface area contributed by atoms with Gasteiger partial charge in [-0.05, 0) is 65.3 Å². The molecule has 2 amide bonds.